The van der Waals surface area contributed by atoms with Crippen molar-refractivity contribution in [2.24, 2.45) is 5.73 Å². The van der Waals surface area contributed by atoms with Crippen LogP contribution in [0.3, 0.4) is 0 Å². The lowest BCUT2D eigenvalue weighted by Gasteiger charge is -2.18. The van der Waals surface area contributed by atoms with Gasteiger partial charge >= 0.3 is 12.1 Å². The second-order valence-corrected chi connectivity index (χ2v) is 5.76. The second kappa shape index (κ2) is 8.78. The van der Waals surface area contributed by atoms with Gasteiger partial charge in [-0.25, -0.2) is 4.79 Å². The zero-order valence-corrected chi connectivity index (χ0v) is 13.2. The first-order valence-corrected chi connectivity index (χ1v) is 7.60. The normalized spacial score (nSPS) is 11.5. The van der Waals surface area contributed by atoms with Gasteiger partial charge < -0.3 is 10.5 Å². The maximum atomic E-state index is 12.2. The van der Waals surface area contributed by atoms with Gasteiger partial charge in [-0.05, 0) is 19.2 Å². The summed E-state index contributed by atoms with van der Waals surface area (Å²) in [6.45, 7) is -1.28. The standard InChI is InChI=1S/C14H17F3N2O3S/c1-19(9-14(15,16)17)6-7-22-13(21)10-4-2-3-5-11(10)23-8-12(18)20/h2-5H,6-9H2,1H3,(H2,18,20). The van der Waals surface area contributed by atoms with Crippen LogP contribution >= 0.6 is 11.8 Å². The molecule has 5 nitrogen and oxygen atoms in total. The van der Waals surface area contributed by atoms with Crippen LogP contribution in [0.2, 0.25) is 0 Å². The molecule has 9 heteroatoms. The van der Waals surface area contributed by atoms with E-state index in [1.165, 1.54) is 13.1 Å². The summed E-state index contributed by atoms with van der Waals surface area (Å²) in [6.07, 6.45) is -4.29. The third-order valence-corrected chi connectivity index (χ3v) is 3.73. The Balaban J connectivity index is 2.53. The first-order valence-electron chi connectivity index (χ1n) is 6.61. The topological polar surface area (TPSA) is 72.6 Å². The molecule has 0 saturated heterocycles. The van der Waals surface area contributed by atoms with Gasteiger partial charge in [0.1, 0.15) is 6.61 Å². The number of ether oxygens (including phenoxy) is 1. The maximum absolute atomic E-state index is 12.2. The zero-order chi connectivity index (χ0) is 17.5. The lowest BCUT2D eigenvalue weighted by atomic mass is 10.2. The zero-order valence-electron chi connectivity index (χ0n) is 12.4. The van der Waals surface area contributed by atoms with Crippen LogP contribution in [0.5, 0.6) is 0 Å². The SMILES string of the molecule is CN(CCOC(=O)c1ccccc1SCC(N)=O)CC(F)(F)F. The minimum atomic E-state index is -4.29. The van der Waals surface area contributed by atoms with Gasteiger partial charge in [0, 0.05) is 11.4 Å². The summed E-state index contributed by atoms with van der Waals surface area (Å²) < 4.78 is 41.5. The molecule has 1 rings (SSSR count). The molecule has 0 aliphatic rings. The van der Waals surface area contributed by atoms with E-state index in [1.54, 1.807) is 18.2 Å². The number of nitrogens with two attached hydrogens (primary N) is 1. The predicted octanol–water partition coefficient (Wildman–Crippen LogP) is 1.91. The highest BCUT2D eigenvalue weighted by Gasteiger charge is 2.29. The van der Waals surface area contributed by atoms with E-state index in [0.717, 1.165) is 16.7 Å². The third-order valence-electron chi connectivity index (χ3n) is 2.63. The molecule has 23 heavy (non-hydrogen) atoms. The lowest BCUT2D eigenvalue weighted by Crippen LogP contribution is -2.33. The molecule has 0 unspecified atom stereocenters. The summed E-state index contributed by atoms with van der Waals surface area (Å²) in [5.41, 5.74) is 5.30. The Morgan fingerprint density at radius 2 is 1.96 bits per heavy atom. The average Bonchev–Trinajstić information content (AvgIpc) is 2.43. The number of hydrogen-bond donors (Lipinski definition) is 1. The highest BCUT2D eigenvalue weighted by molar-refractivity contribution is 8.00. The van der Waals surface area contributed by atoms with E-state index < -0.39 is 24.6 Å². The van der Waals surface area contributed by atoms with Crippen molar-refractivity contribution >= 4 is 23.6 Å². The Morgan fingerprint density at radius 3 is 2.57 bits per heavy atom. The number of rotatable bonds is 8. The molecule has 0 aromatic heterocycles. The number of benzene rings is 1. The molecular formula is C14H17F3N2O3S. The number of carbonyl (C=O) groups is 2. The number of hydrogen-bond acceptors (Lipinski definition) is 5. The molecule has 0 aliphatic heterocycles. The van der Waals surface area contributed by atoms with Crippen LogP contribution in [0.15, 0.2) is 29.2 Å². The summed E-state index contributed by atoms with van der Waals surface area (Å²) >= 11 is 1.10. The number of carbonyl (C=O) groups excluding carboxylic acids is 2. The molecule has 0 radical (unpaired) electrons. The Labute approximate surface area is 136 Å². The first kappa shape index (κ1) is 19.3. The second-order valence-electron chi connectivity index (χ2n) is 4.74. The van der Waals surface area contributed by atoms with E-state index in [0.29, 0.717) is 4.90 Å². The van der Waals surface area contributed by atoms with Gasteiger partial charge in [-0.15, -0.1) is 11.8 Å². The molecule has 0 bridgehead atoms. The smallest absolute Gasteiger partial charge is 0.401 e. The Hall–Kier alpha value is -1.74. The molecular weight excluding hydrogens is 333 g/mol. The fourth-order valence-corrected chi connectivity index (χ4v) is 2.45. The fraction of sp³-hybridized carbons (Fsp3) is 0.429. The lowest BCUT2D eigenvalue weighted by molar-refractivity contribution is -0.143. The van der Waals surface area contributed by atoms with Crippen LogP contribution in [0.4, 0.5) is 13.2 Å². The van der Waals surface area contributed by atoms with Crippen molar-refractivity contribution < 1.29 is 27.5 Å². The summed E-state index contributed by atoms with van der Waals surface area (Å²) in [4.78, 5) is 24.3. The van der Waals surface area contributed by atoms with Crippen LogP contribution in [-0.2, 0) is 9.53 Å². The van der Waals surface area contributed by atoms with Gasteiger partial charge in [0.2, 0.25) is 5.91 Å². The molecule has 0 atom stereocenters. The highest BCUT2D eigenvalue weighted by Crippen LogP contribution is 2.23. The van der Waals surface area contributed by atoms with Gasteiger partial charge in [-0.3, -0.25) is 9.69 Å². The number of primary amides is 1. The fourth-order valence-electron chi connectivity index (χ4n) is 1.67. The third kappa shape index (κ3) is 7.89. The Bertz CT molecular complexity index is 552. The van der Waals surface area contributed by atoms with Gasteiger partial charge in [0.15, 0.2) is 0 Å². The maximum Gasteiger partial charge on any atom is 0.401 e. The Morgan fingerprint density at radius 1 is 1.30 bits per heavy atom. The minimum Gasteiger partial charge on any atom is -0.461 e. The van der Waals surface area contributed by atoms with Crippen molar-refractivity contribution in [1.29, 1.82) is 0 Å². The molecule has 1 aromatic carbocycles. The summed E-state index contributed by atoms with van der Waals surface area (Å²) in [6, 6.07) is 6.48. The van der Waals surface area contributed by atoms with Crippen molar-refractivity contribution in [3.63, 3.8) is 0 Å². The van der Waals surface area contributed by atoms with Crippen molar-refractivity contribution in [2.75, 3.05) is 32.5 Å². The number of likely N-dealkylation sites (N-methyl/N-ethyl adjacent to an activating group) is 1. The van der Waals surface area contributed by atoms with Crippen LogP contribution in [0.1, 0.15) is 10.4 Å². The quantitative estimate of drug-likeness (QED) is 0.573. The summed E-state index contributed by atoms with van der Waals surface area (Å²) in [7, 11) is 1.29. The van der Waals surface area contributed by atoms with Gasteiger partial charge in [-0.1, -0.05) is 12.1 Å². The molecule has 1 amide bonds. The van der Waals surface area contributed by atoms with E-state index >= 15 is 0 Å². The van der Waals surface area contributed by atoms with Crippen LogP contribution < -0.4 is 5.73 Å². The van der Waals surface area contributed by atoms with Crippen LogP contribution in [0, 0.1) is 0 Å². The monoisotopic (exact) mass is 350 g/mol. The number of esters is 1. The number of halogens is 3. The average molecular weight is 350 g/mol. The first-order chi connectivity index (χ1) is 10.7. The molecule has 2 N–H and O–H groups in total. The number of alkyl halides is 3. The Kier molecular flexibility index (Phi) is 7.37. The molecule has 0 spiro atoms. The van der Waals surface area contributed by atoms with E-state index in [1.807, 2.05) is 0 Å². The predicted molar refractivity (Wildman–Crippen MR) is 80.2 cm³/mol. The van der Waals surface area contributed by atoms with Crippen molar-refractivity contribution in [3.05, 3.63) is 29.8 Å². The van der Waals surface area contributed by atoms with Crippen molar-refractivity contribution in [1.82, 2.24) is 4.90 Å². The summed E-state index contributed by atoms with van der Waals surface area (Å²) in [5.74, 6) is -1.16. The van der Waals surface area contributed by atoms with Crippen LogP contribution in [-0.4, -0.2) is 55.4 Å². The minimum absolute atomic E-state index is 0.0125. The molecule has 0 aliphatic carbocycles. The van der Waals surface area contributed by atoms with Gasteiger partial charge in [0.25, 0.3) is 0 Å². The van der Waals surface area contributed by atoms with Gasteiger partial charge in [0.05, 0.1) is 17.9 Å². The number of nitrogens with zero attached hydrogens (tertiary/aromatic N) is 1. The highest BCUT2D eigenvalue weighted by atomic mass is 32.2. The van der Waals surface area contributed by atoms with Crippen molar-refractivity contribution in [2.45, 2.75) is 11.1 Å². The molecule has 128 valence electrons. The van der Waals surface area contributed by atoms with E-state index in [9.17, 15) is 22.8 Å². The van der Waals surface area contributed by atoms with Crippen molar-refractivity contribution in [3.8, 4) is 0 Å². The number of thioether (sulfide) groups is 1. The van der Waals surface area contributed by atoms with E-state index in [4.69, 9.17) is 10.5 Å². The molecule has 0 fully saturated rings. The number of amides is 1. The molecule has 0 saturated carbocycles. The van der Waals surface area contributed by atoms with E-state index in [2.05, 4.69) is 0 Å². The molecule has 1 aromatic rings. The van der Waals surface area contributed by atoms with Gasteiger partial charge in [-0.2, -0.15) is 13.2 Å². The largest absolute Gasteiger partial charge is 0.461 e. The van der Waals surface area contributed by atoms with E-state index in [-0.39, 0.29) is 24.5 Å². The van der Waals surface area contributed by atoms with Crippen LogP contribution in [0.25, 0.3) is 0 Å². The molecule has 0 heterocycles. The summed E-state index contributed by atoms with van der Waals surface area (Å²) in [5, 5.41) is 0.